The van der Waals surface area contributed by atoms with Crippen molar-refractivity contribution >= 4 is 17.3 Å². The van der Waals surface area contributed by atoms with Gasteiger partial charge in [-0.05, 0) is 49.4 Å². The number of benzene rings is 2. The van der Waals surface area contributed by atoms with Gasteiger partial charge in [-0.25, -0.2) is 0 Å². The number of nitrogens with one attached hydrogen (secondary N) is 2. The highest BCUT2D eigenvalue weighted by Crippen LogP contribution is 2.31. The minimum Gasteiger partial charge on any atom is -0.497 e. The Morgan fingerprint density at radius 1 is 1.14 bits per heavy atom. The molecule has 1 amide bonds. The molecule has 0 aromatic heterocycles. The minimum absolute atomic E-state index is 0.0855. The SMILES string of the molecule is COc1ccc(NC(=O)[C@H](C)[NH+]2CCN(c3cccc(C(F)(F)F)c3)CC2)cc1. The van der Waals surface area contributed by atoms with E-state index in [0.29, 0.717) is 43.3 Å². The average Bonchev–Trinajstić information content (AvgIpc) is 2.73. The molecule has 0 aliphatic carbocycles. The Kier molecular flexibility index (Phi) is 6.32. The lowest BCUT2D eigenvalue weighted by Gasteiger charge is -2.36. The fraction of sp³-hybridized carbons (Fsp3) is 0.381. The first-order chi connectivity index (χ1) is 13.8. The molecule has 0 bridgehead atoms. The first-order valence-electron chi connectivity index (χ1n) is 9.49. The largest absolute Gasteiger partial charge is 0.497 e. The van der Waals surface area contributed by atoms with Gasteiger partial charge in [0.25, 0.3) is 5.91 Å². The van der Waals surface area contributed by atoms with Crippen LogP contribution in [0.25, 0.3) is 0 Å². The maximum Gasteiger partial charge on any atom is 0.416 e. The van der Waals surface area contributed by atoms with Crippen molar-refractivity contribution in [3.63, 3.8) is 0 Å². The number of alkyl halides is 3. The fourth-order valence-corrected chi connectivity index (χ4v) is 3.47. The van der Waals surface area contributed by atoms with E-state index in [2.05, 4.69) is 5.32 Å². The predicted molar refractivity (Wildman–Crippen MR) is 105 cm³/mol. The van der Waals surface area contributed by atoms with Crippen molar-refractivity contribution in [1.82, 2.24) is 0 Å². The molecule has 156 valence electrons. The molecule has 0 radical (unpaired) electrons. The summed E-state index contributed by atoms with van der Waals surface area (Å²) in [7, 11) is 1.58. The maximum atomic E-state index is 12.9. The van der Waals surface area contributed by atoms with Gasteiger partial charge in [0.1, 0.15) is 5.75 Å². The Labute approximate surface area is 168 Å². The molecule has 0 unspecified atom stereocenters. The molecule has 1 aliphatic heterocycles. The van der Waals surface area contributed by atoms with E-state index in [-0.39, 0.29) is 11.9 Å². The van der Waals surface area contributed by atoms with Crippen molar-refractivity contribution < 1.29 is 27.6 Å². The number of piperazine rings is 1. The number of carbonyl (C=O) groups excluding carboxylic acids is 1. The number of rotatable bonds is 5. The van der Waals surface area contributed by atoms with Gasteiger partial charge in [0.05, 0.1) is 38.9 Å². The number of carbonyl (C=O) groups is 1. The molecule has 3 rings (SSSR count). The van der Waals surface area contributed by atoms with Gasteiger partial charge in [-0.3, -0.25) is 4.79 Å². The van der Waals surface area contributed by atoms with E-state index < -0.39 is 11.7 Å². The Bertz CT molecular complexity index is 832. The molecule has 1 atom stereocenters. The van der Waals surface area contributed by atoms with E-state index in [1.54, 1.807) is 37.4 Å². The van der Waals surface area contributed by atoms with E-state index in [0.717, 1.165) is 11.0 Å². The van der Waals surface area contributed by atoms with Crippen molar-refractivity contribution in [2.75, 3.05) is 43.5 Å². The van der Waals surface area contributed by atoms with Crippen LogP contribution in [0.1, 0.15) is 12.5 Å². The van der Waals surface area contributed by atoms with Crippen LogP contribution in [0.4, 0.5) is 24.5 Å². The normalized spacial score (nSPS) is 16.4. The Hall–Kier alpha value is -2.74. The van der Waals surface area contributed by atoms with Crippen molar-refractivity contribution in [2.24, 2.45) is 0 Å². The number of quaternary nitrogens is 1. The first-order valence-corrected chi connectivity index (χ1v) is 9.49. The number of anilines is 2. The molecular weight excluding hydrogens is 383 g/mol. The molecule has 29 heavy (non-hydrogen) atoms. The van der Waals surface area contributed by atoms with Crippen LogP contribution >= 0.6 is 0 Å². The quantitative estimate of drug-likeness (QED) is 0.799. The molecular formula is C21H25F3N3O2+. The molecule has 0 spiro atoms. The molecule has 0 saturated carbocycles. The molecule has 5 nitrogen and oxygen atoms in total. The van der Waals surface area contributed by atoms with Crippen molar-refractivity contribution in [2.45, 2.75) is 19.1 Å². The second kappa shape index (κ2) is 8.73. The molecule has 8 heteroatoms. The summed E-state index contributed by atoms with van der Waals surface area (Å²) in [6.45, 7) is 4.41. The van der Waals surface area contributed by atoms with Crippen LogP contribution in [0.3, 0.4) is 0 Å². The van der Waals surface area contributed by atoms with Crippen LogP contribution in [0.15, 0.2) is 48.5 Å². The van der Waals surface area contributed by atoms with E-state index in [1.165, 1.54) is 12.1 Å². The van der Waals surface area contributed by atoms with Crippen LogP contribution in [-0.2, 0) is 11.0 Å². The topological polar surface area (TPSA) is 46.0 Å². The van der Waals surface area contributed by atoms with Crippen LogP contribution in [0.5, 0.6) is 5.75 Å². The van der Waals surface area contributed by atoms with Crippen LogP contribution in [-0.4, -0.2) is 45.2 Å². The number of ether oxygens (including phenoxy) is 1. The number of methoxy groups -OCH3 is 1. The van der Waals surface area contributed by atoms with Crippen LogP contribution in [0.2, 0.25) is 0 Å². The molecule has 2 aromatic rings. The summed E-state index contributed by atoms with van der Waals surface area (Å²) in [6.07, 6.45) is -4.35. The zero-order chi connectivity index (χ0) is 21.0. The van der Waals surface area contributed by atoms with Gasteiger partial charge >= 0.3 is 6.18 Å². The lowest BCUT2D eigenvalue weighted by Crippen LogP contribution is -3.19. The number of nitrogens with zero attached hydrogens (tertiary/aromatic N) is 1. The van der Waals surface area contributed by atoms with E-state index in [4.69, 9.17) is 4.74 Å². The standard InChI is InChI=1S/C21H24F3N3O2/c1-15(20(28)25-17-6-8-19(29-2)9-7-17)26-10-12-27(13-11-26)18-5-3-4-16(14-18)21(22,23)24/h3-9,14-15H,10-13H2,1-2H3,(H,25,28)/p+1/t15-/m0/s1. The lowest BCUT2D eigenvalue weighted by molar-refractivity contribution is -0.914. The van der Waals surface area contributed by atoms with E-state index >= 15 is 0 Å². The van der Waals surface area contributed by atoms with Gasteiger partial charge in [0.15, 0.2) is 6.04 Å². The number of halogens is 3. The monoisotopic (exact) mass is 408 g/mol. The lowest BCUT2D eigenvalue weighted by atomic mass is 10.1. The number of amides is 1. The fourth-order valence-electron chi connectivity index (χ4n) is 3.47. The second-order valence-corrected chi connectivity index (χ2v) is 7.13. The van der Waals surface area contributed by atoms with Gasteiger partial charge in [-0.15, -0.1) is 0 Å². The average molecular weight is 408 g/mol. The maximum absolute atomic E-state index is 12.9. The van der Waals surface area contributed by atoms with Gasteiger partial charge in [0.2, 0.25) is 0 Å². The molecule has 1 aliphatic rings. The first kappa shape index (κ1) is 21.0. The van der Waals surface area contributed by atoms with Gasteiger partial charge in [-0.1, -0.05) is 6.07 Å². The summed E-state index contributed by atoms with van der Waals surface area (Å²) in [4.78, 5) is 15.6. The third-order valence-corrected chi connectivity index (χ3v) is 5.31. The summed E-state index contributed by atoms with van der Waals surface area (Å²) in [5.74, 6) is 0.630. The third kappa shape index (κ3) is 5.20. The second-order valence-electron chi connectivity index (χ2n) is 7.13. The number of hydrogen-bond donors (Lipinski definition) is 2. The van der Waals surface area contributed by atoms with Gasteiger partial charge < -0.3 is 19.9 Å². The number of hydrogen-bond acceptors (Lipinski definition) is 3. The summed E-state index contributed by atoms with van der Waals surface area (Å²) >= 11 is 0. The highest BCUT2D eigenvalue weighted by atomic mass is 19.4. The Morgan fingerprint density at radius 2 is 1.79 bits per heavy atom. The molecule has 2 N–H and O–H groups in total. The summed E-state index contributed by atoms with van der Waals surface area (Å²) in [5, 5.41) is 2.90. The Morgan fingerprint density at radius 3 is 2.38 bits per heavy atom. The van der Waals surface area contributed by atoms with Gasteiger partial charge in [-0.2, -0.15) is 13.2 Å². The highest BCUT2D eigenvalue weighted by Gasteiger charge is 2.32. The molecule has 1 heterocycles. The van der Waals surface area contributed by atoms with Crippen molar-refractivity contribution in [1.29, 1.82) is 0 Å². The minimum atomic E-state index is -4.35. The smallest absolute Gasteiger partial charge is 0.416 e. The van der Waals surface area contributed by atoms with Crippen molar-refractivity contribution in [3.05, 3.63) is 54.1 Å². The zero-order valence-corrected chi connectivity index (χ0v) is 16.4. The third-order valence-electron chi connectivity index (χ3n) is 5.31. The van der Waals surface area contributed by atoms with E-state index in [9.17, 15) is 18.0 Å². The highest BCUT2D eigenvalue weighted by molar-refractivity contribution is 5.93. The van der Waals surface area contributed by atoms with Gasteiger partial charge in [0, 0.05) is 11.4 Å². The van der Waals surface area contributed by atoms with E-state index in [1.807, 2.05) is 11.8 Å². The molecule has 2 aromatic carbocycles. The summed E-state index contributed by atoms with van der Waals surface area (Å²) < 4.78 is 43.9. The zero-order valence-electron chi connectivity index (χ0n) is 16.4. The predicted octanol–water partition coefficient (Wildman–Crippen LogP) is 2.45. The van der Waals surface area contributed by atoms with Crippen LogP contribution in [0, 0.1) is 0 Å². The molecule has 1 fully saturated rings. The summed E-state index contributed by atoms with van der Waals surface area (Å²) in [5.41, 5.74) is 0.621. The Balaban J connectivity index is 1.56. The van der Waals surface area contributed by atoms with Crippen LogP contribution < -0.4 is 19.9 Å². The molecule has 1 saturated heterocycles. The van der Waals surface area contributed by atoms with Crippen molar-refractivity contribution in [3.8, 4) is 5.75 Å². The summed E-state index contributed by atoms with van der Waals surface area (Å²) in [6, 6.07) is 12.3.